The highest BCUT2D eigenvalue weighted by Crippen LogP contribution is 2.27. The van der Waals surface area contributed by atoms with Gasteiger partial charge in [-0.2, -0.15) is 0 Å². The first-order valence-electron chi connectivity index (χ1n) is 8.31. The number of esters is 2. The van der Waals surface area contributed by atoms with Crippen molar-refractivity contribution in [3.8, 4) is 5.75 Å². The Bertz CT molecular complexity index is 1030. The van der Waals surface area contributed by atoms with Crippen molar-refractivity contribution >= 4 is 29.6 Å². The van der Waals surface area contributed by atoms with Crippen LogP contribution < -0.4 is 4.74 Å². The monoisotopic (exact) mass is 380 g/mol. The van der Waals surface area contributed by atoms with E-state index in [1.54, 1.807) is 32.1 Å². The molecule has 0 atom stereocenters. The van der Waals surface area contributed by atoms with Crippen molar-refractivity contribution in [3.05, 3.63) is 74.5 Å². The van der Waals surface area contributed by atoms with Crippen LogP contribution >= 0.6 is 0 Å². The predicted octanol–water partition coefficient (Wildman–Crippen LogP) is 3.48. The van der Waals surface area contributed by atoms with Crippen LogP contribution in [0.4, 0.5) is 5.69 Å². The summed E-state index contributed by atoms with van der Waals surface area (Å²) in [5.41, 5.74) is 2.68. The summed E-state index contributed by atoms with van der Waals surface area (Å²) < 4.78 is 10.4. The number of nitrogens with zero attached hydrogens (tertiary/aromatic N) is 2. The predicted molar refractivity (Wildman–Crippen MR) is 101 cm³/mol. The smallest absolute Gasteiger partial charge is 0.363 e. The Hall–Kier alpha value is -3.81. The van der Waals surface area contributed by atoms with E-state index in [0.29, 0.717) is 16.9 Å². The van der Waals surface area contributed by atoms with Gasteiger partial charge < -0.3 is 9.47 Å². The number of carbonyl (C=O) groups is 2. The Morgan fingerprint density at radius 1 is 1.18 bits per heavy atom. The van der Waals surface area contributed by atoms with Gasteiger partial charge in [-0.25, -0.2) is 9.79 Å². The lowest BCUT2D eigenvalue weighted by atomic mass is 10.0. The fraction of sp³-hybridized carbons (Fsp3) is 0.150. The summed E-state index contributed by atoms with van der Waals surface area (Å²) in [5.74, 6) is -0.462. The fourth-order valence-electron chi connectivity index (χ4n) is 2.79. The molecule has 1 aliphatic heterocycles. The van der Waals surface area contributed by atoms with Gasteiger partial charge in [-0.15, -0.1) is 0 Å². The van der Waals surface area contributed by atoms with E-state index in [1.165, 1.54) is 31.2 Å². The number of aryl methyl sites for hydroxylation is 2. The number of cyclic esters (lactones) is 1. The molecule has 2 aromatic rings. The zero-order valence-corrected chi connectivity index (χ0v) is 15.4. The van der Waals surface area contributed by atoms with E-state index in [9.17, 15) is 19.7 Å². The molecule has 0 bridgehead atoms. The van der Waals surface area contributed by atoms with Gasteiger partial charge in [0.1, 0.15) is 5.75 Å². The van der Waals surface area contributed by atoms with Crippen molar-refractivity contribution in [3.63, 3.8) is 0 Å². The summed E-state index contributed by atoms with van der Waals surface area (Å²) in [6, 6.07) is 9.10. The number of non-ortho nitro benzene ring substituents is 1. The summed E-state index contributed by atoms with van der Waals surface area (Å²) in [6.07, 6.45) is 1.57. The number of hydrogen-bond donors (Lipinski definition) is 0. The van der Waals surface area contributed by atoms with Crippen molar-refractivity contribution in [2.45, 2.75) is 20.8 Å². The summed E-state index contributed by atoms with van der Waals surface area (Å²) >= 11 is 0. The van der Waals surface area contributed by atoms with Crippen LogP contribution in [0, 0.1) is 24.0 Å². The summed E-state index contributed by atoms with van der Waals surface area (Å²) in [7, 11) is 0. The van der Waals surface area contributed by atoms with Gasteiger partial charge in [0.25, 0.3) is 5.69 Å². The number of hydrogen-bond acceptors (Lipinski definition) is 7. The summed E-state index contributed by atoms with van der Waals surface area (Å²) in [6.45, 7) is 4.93. The third kappa shape index (κ3) is 3.96. The van der Waals surface area contributed by atoms with E-state index in [2.05, 4.69) is 4.99 Å². The quantitative estimate of drug-likeness (QED) is 0.264. The lowest BCUT2D eigenvalue weighted by molar-refractivity contribution is -0.384. The standard InChI is InChI=1S/C20H16N2O6/c1-11-8-14(9-12(2)18(11)27-13(3)23)10-17-20(24)28-19(21-17)15-4-6-16(7-5-15)22(25)26/h4-10H,1-3H3. The van der Waals surface area contributed by atoms with Crippen molar-refractivity contribution in [2.24, 2.45) is 4.99 Å². The van der Waals surface area contributed by atoms with Gasteiger partial charge in [0, 0.05) is 24.6 Å². The average Bonchev–Trinajstić information content (AvgIpc) is 2.99. The van der Waals surface area contributed by atoms with Crippen LogP contribution in [0.2, 0.25) is 0 Å². The van der Waals surface area contributed by atoms with Crippen molar-refractivity contribution in [2.75, 3.05) is 0 Å². The van der Waals surface area contributed by atoms with E-state index in [4.69, 9.17) is 9.47 Å². The highest BCUT2D eigenvalue weighted by molar-refractivity contribution is 6.12. The molecular weight excluding hydrogens is 364 g/mol. The number of nitro benzene ring substituents is 1. The van der Waals surface area contributed by atoms with Crippen LogP contribution in [-0.2, 0) is 14.3 Å². The zero-order valence-electron chi connectivity index (χ0n) is 15.4. The Balaban J connectivity index is 1.91. The summed E-state index contributed by atoms with van der Waals surface area (Å²) in [4.78, 5) is 37.7. The number of benzene rings is 2. The van der Waals surface area contributed by atoms with E-state index < -0.39 is 16.9 Å². The molecule has 0 aliphatic carbocycles. The third-order valence-corrected chi connectivity index (χ3v) is 3.98. The number of aliphatic imine (C=N–C) groups is 1. The topological polar surface area (TPSA) is 108 Å². The van der Waals surface area contributed by atoms with Crippen LogP contribution in [-0.4, -0.2) is 22.8 Å². The van der Waals surface area contributed by atoms with Crippen molar-refractivity contribution in [1.82, 2.24) is 0 Å². The molecule has 0 N–H and O–H groups in total. The van der Waals surface area contributed by atoms with E-state index in [-0.39, 0.29) is 17.3 Å². The molecule has 2 aromatic carbocycles. The molecule has 142 valence electrons. The van der Waals surface area contributed by atoms with Gasteiger partial charge in [-0.3, -0.25) is 14.9 Å². The van der Waals surface area contributed by atoms with E-state index in [0.717, 1.165) is 11.1 Å². The maximum Gasteiger partial charge on any atom is 0.363 e. The summed E-state index contributed by atoms with van der Waals surface area (Å²) in [5, 5.41) is 10.7. The lowest BCUT2D eigenvalue weighted by Gasteiger charge is -2.10. The molecule has 8 heteroatoms. The van der Waals surface area contributed by atoms with Gasteiger partial charge in [0.05, 0.1) is 4.92 Å². The molecule has 0 aromatic heterocycles. The highest BCUT2D eigenvalue weighted by atomic mass is 16.6. The van der Waals surface area contributed by atoms with E-state index in [1.807, 2.05) is 0 Å². The second-order valence-corrected chi connectivity index (χ2v) is 6.22. The molecule has 1 heterocycles. The molecule has 0 unspecified atom stereocenters. The fourth-order valence-corrected chi connectivity index (χ4v) is 2.79. The average molecular weight is 380 g/mol. The zero-order chi connectivity index (χ0) is 20.4. The molecule has 0 radical (unpaired) electrons. The largest absolute Gasteiger partial charge is 0.426 e. The number of carbonyl (C=O) groups excluding carboxylic acids is 2. The van der Waals surface area contributed by atoms with Gasteiger partial charge in [-0.1, -0.05) is 0 Å². The molecule has 0 fully saturated rings. The molecule has 3 rings (SSSR count). The number of rotatable bonds is 4. The molecular formula is C20H16N2O6. The van der Waals surface area contributed by atoms with Crippen LogP contribution in [0.25, 0.3) is 6.08 Å². The molecule has 0 spiro atoms. The van der Waals surface area contributed by atoms with E-state index >= 15 is 0 Å². The minimum absolute atomic E-state index is 0.0664. The first kappa shape index (κ1) is 19.0. The Morgan fingerprint density at radius 2 is 1.79 bits per heavy atom. The second-order valence-electron chi connectivity index (χ2n) is 6.22. The van der Waals surface area contributed by atoms with Gasteiger partial charge in [-0.05, 0) is 60.9 Å². The number of nitro groups is 1. The van der Waals surface area contributed by atoms with Crippen LogP contribution in [0.15, 0.2) is 47.1 Å². The highest BCUT2D eigenvalue weighted by Gasteiger charge is 2.24. The molecule has 28 heavy (non-hydrogen) atoms. The Kier molecular flexibility index (Phi) is 5.04. The van der Waals surface area contributed by atoms with Crippen molar-refractivity contribution < 1.29 is 24.0 Å². The van der Waals surface area contributed by atoms with Gasteiger partial charge >= 0.3 is 11.9 Å². The molecule has 0 saturated heterocycles. The minimum atomic E-state index is -0.618. The van der Waals surface area contributed by atoms with Crippen LogP contribution in [0.1, 0.15) is 29.2 Å². The Labute approximate surface area is 160 Å². The van der Waals surface area contributed by atoms with Gasteiger partial charge in [0.2, 0.25) is 5.90 Å². The molecule has 1 aliphatic rings. The first-order chi connectivity index (χ1) is 13.2. The third-order valence-electron chi connectivity index (χ3n) is 3.98. The normalized spacial score (nSPS) is 14.6. The Morgan fingerprint density at radius 3 is 2.32 bits per heavy atom. The van der Waals surface area contributed by atoms with Crippen LogP contribution in [0.5, 0.6) is 5.75 Å². The second kappa shape index (κ2) is 7.43. The van der Waals surface area contributed by atoms with Crippen LogP contribution in [0.3, 0.4) is 0 Å². The minimum Gasteiger partial charge on any atom is -0.426 e. The maximum absolute atomic E-state index is 12.1. The first-order valence-corrected chi connectivity index (χ1v) is 8.31. The number of ether oxygens (including phenoxy) is 2. The lowest BCUT2D eigenvalue weighted by Crippen LogP contribution is -2.05. The molecule has 0 saturated carbocycles. The van der Waals surface area contributed by atoms with Crippen molar-refractivity contribution in [1.29, 1.82) is 0 Å². The maximum atomic E-state index is 12.1. The molecule has 0 amide bonds. The SMILES string of the molecule is CC(=O)Oc1c(C)cc(C=C2N=C(c3ccc([N+](=O)[O-])cc3)OC2=O)cc1C. The van der Waals surface area contributed by atoms with Gasteiger partial charge in [0.15, 0.2) is 5.70 Å². The molecule has 8 nitrogen and oxygen atoms in total.